The summed E-state index contributed by atoms with van der Waals surface area (Å²) in [6.07, 6.45) is 5.88. The van der Waals surface area contributed by atoms with Gasteiger partial charge in [0.1, 0.15) is 29.9 Å². The lowest BCUT2D eigenvalue weighted by atomic mass is 10.2. The van der Waals surface area contributed by atoms with Gasteiger partial charge in [-0.3, -0.25) is 0 Å². The number of halogens is 1. The minimum Gasteiger partial charge on any atom is -0.356 e. The Morgan fingerprint density at radius 3 is 2.12 bits per heavy atom. The summed E-state index contributed by atoms with van der Waals surface area (Å²) in [6, 6.07) is 6.16. The highest BCUT2D eigenvalue weighted by atomic mass is 79.9. The Labute approximate surface area is 161 Å². The van der Waals surface area contributed by atoms with Gasteiger partial charge in [0.2, 0.25) is 0 Å². The number of nitriles is 1. The van der Waals surface area contributed by atoms with Crippen LogP contribution in [0, 0.1) is 11.3 Å². The summed E-state index contributed by atoms with van der Waals surface area (Å²) in [5.74, 6) is 2.76. The molecule has 2 aliphatic rings. The van der Waals surface area contributed by atoms with Gasteiger partial charge in [0.05, 0.1) is 5.56 Å². The lowest BCUT2D eigenvalue weighted by Gasteiger charge is -2.36. The summed E-state index contributed by atoms with van der Waals surface area (Å²) in [5.41, 5.74) is 0.603. The average Bonchev–Trinajstić information content (AvgIpc) is 3.23. The molecule has 0 bridgehead atoms. The molecule has 2 aromatic rings. The summed E-state index contributed by atoms with van der Waals surface area (Å²) in [5, 5.41) is 9.37. The van der Waals surface area contributed by atoms with Gasteiger partial charge in [-0.1, -0.05) is 0 Å². The van der Waals surface area contributed by atoms with Crippen LogP contribution in [0.3, 0.4) is 0 Å². The first-order valence-electron chi connectivity index (χ1n) is 8.87. The molecule has 2 fully saturated rings. The van der Waals surface area contributed by atoms with Crippen LogP contribution in [0.25, 0.3) is 0 Å². The third kappa shape index (κ3) is 3.44. The van der Waals surface area contributed by atoms with Gasteiger partial charge < -0.3 is 14.7 Å². The van der Waals surface area contributed by atoms with Crippen LogP contribution in [-0.4, -0.2) is 54.2 Å². The molecule has 0 amide bonds. The van der Waals surface area contributed by atoms with Gasteiger partial charge in [-0.05, 0) is 34.8 Å². The first kappa shape index (κ1) is 17.0. The molecule has 0 unspecified atom stereocenters. The van der Waals surface area contributed by atoms with Gasteiger partial charge in [-0.15, -0.1) is 0 Å². The SMILES string of the molecule is N#Cc1cc(Br)cnc1N1CCN(c2cc(N3CCCC3)ncn2)CC1. The van der Waals surface area contributed by atoms with E-state index in [0.29, 0.717) is 5.56 Å². The molecule has 8 heteroatoms. The second-order valence-electron chi connectivity index (χ2n) is 6.54. The van der Waals surface area contributed by atoms with Gasteiger partial charge in [0.15, 0.2) is 0 Å². The molecule has 0 saturated carbocycles. The summed E-state index contributed by atoms with van der Waals surface area (Å²) in [7, 11) is 0. The third-order valence-electron chi connectivity index (χ3n) is 4.93. The quantitative estimate of drug-likeness (QED) is 0.764. The number of pyridine rings is 1. The predicted octanol–water partition coefficient (Wildman–Crippen LogP) is 2.43. The largest absolute Gasteiger partial charge is 0.356 e. The number of nitrogens with zero attached hydrogens (tertiary/aromatic N) is 7. The van der Waals surface area contributed by atoms with E-state index in [1.807, 2.05) is 6.07 Å². The van der Waals surface area contributed by atoms with E-state index < -0.39 is 0 Å². The van der Waals surface area contributed by atoms with Crippen LogP contribution in [0.15, 0.2) is 29.1 Å². The van der Waals surface area contributed by atoms with E-state index in [2.05, 4.69) is 57.7 Å². The maximum atomic E-state index is 9.37. The number of rotatable bonds is 3. The Kier molecular flexibility index (Phi) is 4.89. The first-order chi connectivity index (χ1) is 12.7. The lowest BCUT2D eigenvalue weighted by molar-refractivity contribution is 0.640. The second kappa shape index (κ2) is 7.46. The molecule has 0 aliphatic carbocycles. The Bertz CT molecular complexity index is 821. The second-order valence-corrected chi connectivity index (χ2v) is 7.45. The van der Waals surface area contributed by atoms with Crippen molar-refractivity contribution in [1.82, 2.24) is 15.0 Å². The summed E-state index contributed by atoms with van der Waals surface area (Å²) in [4.78, 5) is 20.1. The first-order valence-corrected chi connectivity index (χ1v) is 9.66. The Hall–Kier alpha value is -2.40. The summed E-state index contributed by atoms with van der Waals surface area (Å²) < 4.78 is 0.826. The van der Waals surface area contributed by atoms with Gasteiger partial charge >= 0.3 is 0 Å². The van der Waals surface area contributed by atoms with Crippen LogP contribution in [0.2, 0.25) is 0 Å². The lowest BCUT2D eigenvalue weighted by Crippen LogP contribution is -2.47. The molecule has 134 valence electrons. The van der Waals surface area contributed by atoms with Crippen molar-refractivity contribution in [2.75, 3.05) is 54.0 Å². The normalized spacial score (nSPS) is 17.5. The summed E-state index contributed by atoms with van der Waals surface area (Å²) >= 11 is 3.38. The molecule has 2 saturated heterocycles. The Morgan fingerprint density at radius 1 is 0.846 bits per heavy atom. The van der Waals surface area contributed by atoms with Crippen LogP contribution >= 0.6 is 15.9 Å². The average molecular weight is 414 g/mol. The molecule has 0 N–H and O–H groups in total. The van der Waals surface area contributed by atoms with Crippen molar-refractivity contribution in [3.05, 3.63) is 34.7 Å². The molecule has 4 rings (SSSR count). The molecule has 7 nitrogen and oxygen atoms in total. The van der Waals surface area contributed by atoms with Gasteiger partial charge in [-0.2, -0.15) is 5.26 Å². The van der Waals surface area contributed by atoms with Crippen LogP contribution in [0.5, 0.6) is 0 Å². The number of aromatic nitrogens is 3. The zero-order chi connectivity index (χ0) is 17.9. The molecule has 0 atom stereocenters. The molecule has 2 aromatic heterocycles. The molecular weight excluding hydrogens is 394 g/mol. The zero-order valence-electron chi connectivity index (χ0n) is 14.5. The van der Waals surface area contributed by atoms with Crippen molar-refractivity contribution >= 4 is 33.4 Å². The Balaban J connectivity index is 1.46. The van der Waals surface area contributed by atoms with Crippen molar-refractivity contribution in [2.24, 2.45) is 0 Å². The van der Waals surface area contributed by atoms with Crippen LogP contribution in [0.4, 0.5) is 17.5 Å². The molecular formula is C18H20BrN7. The maximum Gasteiger partial charge on any atom is 0.146 e. The van der Waals surface area contributed by atoms with Gasteiger partial charge in [-0.25, -0.2) is 15.0 Å². The number of hydrogen-bond donors (Lipinski definition) is 0. The maximum absolute atomic E-state index is 9.37. The summed E-state index contributed by atoms with van der Waals surface area (Å²) in [6.45, 7) is 5.48. The molecule has 26 heavy (non-hydrogen) atoms. The highest BCUT2D eigenvalue weighted by Crippen LogP contribution is 2.25. The van der Waals surface area contributed by atoms with E-state index >= 15 is 0 Å². The smallest absolute Gasteiger partial charge is 0.146 e. The topological polar surface area (TPSA) is 72.2 Å². The van der Waals surface area contributed by atoms with E-state index in [0.717, 1.165) is 61.2 Å². The fourth-order valence-electron chi connectivity index (χ4n) is 3.54. The van der Waals surface area contributed by atoms with Gasteiger partial charge in [0.25, 0.3) is 0 Å². The van der Waals surface area contributed by atoms with Crippen molar-refractivity contribution in [1.29, 1.82) is 5.26 Å². The fraction of sp³-hybridized carbons (Fsp3) is 0.444. The highest BCUT2D eigenvalue weighted by molar-refractivity contribution is 9.10. The minimum absolute atomic E-state index is 0.603. The van der Waals surface area contributed by atoms with E-state index in [-0.39, 0.29) is 0 Å². The molecule has 0 spiro atoms. The van der Waals surface area contributed by atoms with Crippen LogP contribution in [-0.2, 0) is 0 Å². The highest BCUT2D eigenvalue weighted by Gasteiger charge is 2.22. The fourth-order valence-corrected chi connectivity index (χ4v) is 3.87. The van der Waals surface area contributed by atoms with Crippen molar-refractivity contribution < 1.29 is 0 Å². The molecule has 0 aromatic carbocycles. The Morgan fingerprint density at radius 2 is 1.46 bits per heavy atom. The number of anilines is 3. The van der Waals surface area contributed by atoms with Crippen LogP contribution in [0.1, 0.15) is 18.4 Å². The van der Waals surface area contributed by atoms with Crippen molar-refractivity contribution in [3.8, 4) is 6.07 Å². The standard InChI is InChI=1S/C18H20BrN7/c19-15-9-14(11-20)18(21-12-15)26-7-5-25(6-8-26)17-10-16(22-13-23-17)24-3-1-2-4-24/h9-10,12-13H,1-8H2. The number of piperazine rings is 1. The number of hydrogen-bond acceptors (Lipinski definition) is 7. The molecule has 2 aliphatic heterocycles. The van der Waals surface area contributed by atoms with E-state index in [1.54, 1.807) is 12.5 Å². The van der Waals surface area contributed by atoms with E-state index in [4.69, 9.17) is 0 Å². The minimum atomic E-state index is 0.603. The van der Waals surface area contributed by atoms with E-state index in [1.165, 1.54) is 12.8 Å². The molecule has 0 radical (unpaired) electrons. The van der Waals surface area contributed by atoms with Gasteiger partial charge in [0, 0.05) is 56.0 Å². The van der Waals surface area contributed by atoms with E-state index in [9.17, 15) is 5.26 Å². The van der Waals surface area contributed by atoms with Crippen molar-refractivity contribution in [3.63, 3.8) is 0 Å². The zero-order valence-corrected chi connectivity index (χ0v) is 16.1. The molecule has 4 heterocycles. The monoisotopic (exact) mass is 413 g/mol. The van der Waals surface area contributed by atoms with Crippen molar-refractivity contribution in [2.45, 2.75) is 12.8 Å². The third-order valence-corrected chi connectivity index (χ3v) is 5.36. The van der Waals surface area contributed by atoms with Crippen LogP contribution < -0.4 is 14.7 Å². The predicted molar refractivity (Wildman–Crippen MR) is 105 cm³/mol.